The van der Waals surface area contributed by atoms with Crippen molar-refractivity contribution in [1.82, 2.24) is 20.3 Å². The summed E-state index contributed by atoms with van der Waals surface area (Å²) in [5, 5.41) is 2.71. The third kappa shape index (κ3) is 5.21. The van der Waals surface area contributed by atoms with Crippen molar-refractivity contribution in [2.24, 2.45) is 5.92 Å². The lowest BCUT2D eigenvalue weighted by Crippen LogP contribution is -2.43. The van der Waals surface area contributed by atoms with Crippen molar-refractivity contribution in [2.75, 3.05) is 6.61 Å². The average molecular weight is 316 g/mol. The van der Waals surface area contributed by atoms with Gasteiger partial charge in [-0.05, 0) is 18.1 Å². The summed E-state index contributed by atoms with van der Waals surface area (Å²) < 4.78 is 5.25. The molecule has 7 nitrogen and oxygen atoms in total. The van der Waals surface area contributed by atoms with Crippen LogP contribution in [0.3, 0.4) is 0 Å². The Morgan fingerprint density at radius 2 is 2.00 bits per heavy atom. The highest BCUT2D eigenvalue weighted by atomic mass is 16.5. The molecule has 0 aliphatic rings. The number of imidazole rings is 1. The third-order valence-corrected chi connectivity index (χ3v) is 3.07. The predicted molar refractivity (Wildman–Crippen MR) is 83.6 cm³/mol. The molecule has 2 N–H and O–H groups in total. The van der Waals surface area contributed by atoms with Gasteiger partial charge < -0.3 is 15.0 Å². The highest BCUT2D eigenvalue weighted by molar-refractivity contribution is 5.96. The molecule has 0 spiro atoms. The van der Waals surface area contributed by atoms with Gasteiger partial charge in [-0.2, -0.15) is 0 Å². The van der Waals surface area contributed by atoms with E-state index in [-0.39, 0.29) is 18.2 Å². The molecular weight excluding hydrogens is 296 g/mol. The van der Waals surface area contributed by atoms with Gasteiger partial charge in [0, 0.05) is 36.3 Å². The molecule has 122 valence electrons. The summed E-state index contributed by atoms with van der Waals surface area (Å²) in [5.74, 6) is -0.586. The predicted octanol–water partition coefficient (Wildman–Crippen LogP) is 1.34. The molecule has 0 aromatic carbocycles. The summed E-state index contributed by atoms with van der Waals surface area (Å²) in [5.41, 5.74) is 1.18. The van der Waals surface area contributed by atoms with Crippen LogP contribution in [0.4, 0.5) is 0 Å². The van der Waals surface area contributed by atoms with Gasteiger partial charge in [-0.1, -0.05) is 13.8 Å². The van der Waals surface area contributed by atoms with E-state index in [4.69, 9.17) is 4.74 Å². The van der Waals surface area contributed by atoms with Crippen molar-refractivity contribution in [3.05, 3.63) is 48.3 Å². The van der Waals surface area contributed by atoms with Gasteiger partial charge in [-0.3, -0.25) is 9.78 Å². The monoisotopic (exact) mass is 316 g/mol. The number of aromatic amines is 1. The standard InChI is InChI=1S/C16H20N4O3/c1-11(2)9-23-16(22)14(7-13-8-18-10-19-13)20-15(21)12-3-5-17-6-4-12/h3-6,8,10-11,14H,7,9H2,1-2H3,(H,18,19)(H,20,21)/t14-/m1/s1. The van der Waals surface area contributed by atoms with Gasteiger partial charge in [0.2, 0.25) is 0 Å². The summed E-state index contributed by atoms with van der Waals surface area (Å²) in [6.07, 6.45) is 6.47. The van der Waals surface area contributed by atoms with Gasteiger partial charge in [0.05, 0.1) is 12.9 Å². The average Bonchev–Trinajstić information content (AvgIpc) is 3.05. The van der Waals surface area contributed by atoms with Gasteiger partial charge in [-0.25, -0.2) is 9.78 Å². The Labute approximate surface area is 134 Å². The van der Waals surface area contributed by atoms with Crippen molar-refractivity contribution in [2.45, 2.75) is 26.3 Å². The third-order valence-electron chi connectivity index (χ3n) is 3.07. The molecule has 0 radical (unpaired) electrons. The molecule has 2 aromatic heterocycles. The number of nitrogens with one attached hydrogen (secondary N) is 2. The topological polar surface area (TPSA) is 97.0 Å². The molecule has 0 bridgehead atoms. The van der Waals surface area contributed by atoms with Crippen LogP contribution >= 0.6 is 0 Å². The number of carbonyl (C=O) groups excluding carboxylic acids is 2. The summed E-state index contributed by atoms with van der Waals surface area (Å²) in [6, 6.07) is 2.39. The smallest absolute Gasteiger partial charge is 0.329 e. The van der Waals surface area contributed by atoms with E-state index in [0.29, 0.717) is 12.2 Å². The van der Waals surface area contributed by atoms with E-state index >= 15 is 0 Å². The number of aromatic nitrogens is 3. The van der Waals surface area contributed by atoms with E-state index in [1.54, 1.807) is 18.3 Å². The fourth-order valence-electron chi connectivity index (χ4n) is 1.90. The number of pyridine rings is 1. The van der Waals surface area contributed by atoms with Gasteiger partial charge in [-0.15, -0.1) is 0 Å². The summed E-state index contributed by atoms with van der Waals surface area (Å²) in [6.45, 7) is 4.21. The number of nitrogens with zero attached hydrogens (tertiary/aromatic N) is 2. The number of esters is 1. The largest absolute Gasteiger partial charge is 0.464 e. The minimum atomic E-state index is -0.783. The number of H-pyrrole nitrogens is 1. The number of ether oxygens (including phenoxy) is 1. The normalized spacial score (nSPS) is 12.0. The minimum Gasteiger partial charge on any atom is -0.464 e. The SMILES string of the molecule is CC(C)COC(=O)[C@@H](Cc1cnc[nH]1)NC(=O)c1ccncc1. The lowest BCUT2D eigenvalue weighted by Gasteiger charge is -2.18. The minimum absolute atomic E-state index is 0.225. The molecule has 0 aliphatic carbocycles. The quantitative estimate of drug-likeness (QED) is 0.751. The molecule has 0 fully saturated rings. The lowest BCUT2D eigenvalue weighted by atomic mass is 10.1. The molecule has 7 heteroatoms. The zero-order valence-corrected chi connectivity index (χ0v) is 13.2. The zero-order valence-electron chi connectivity index (χ0n) is 13.2. The molecular formula is C16H20N4O3. The maximum atomic E-state index is 12.3. The van der Waals surface area contributed by atoms with E-state index in [0.717, 1.165) is 5.69 Å². The molecule has 1 amide bonds. The highest BCUT2D eigenvalue weighted by Crippen LogP contribution is 2.05. The fraction of sp³-hybridized carbons (Fsp3) is 0.375. The second kappa shape index (κ2) is 8.07. The molecule has 0 saturated carbocycles. The molecule has 2 aromatic rings. The molecule has 0 saturated heterocycles. The number of hydrogen-bond donors (Lipinski definition) is 2. The number of rotatable bonds is 7. The Kier molecular flexibility index (Phi) is 5.85. The van der Waals surface area contributed by atoms with Crippen LogP contribution < -0.4 is 5.32 Å². The summed E-state index contributed by atoms with van der Waals surface area (Å²) in [4.78, 5) is 35.2. The van der Waals surface area contributed by atoms with Crippen molar-refractivity contribution >= 4 is 11.9 Å². The van der Waals surface area contributed by atoms with Crippen molar-refractivity contribution < 1.29 is 14.3 Å². The highest BCUT2D eigenvalue weighted by Gasteiger charge is 2.24. The summed E-state index contributed by atoms with van der Waals surface area (Å²) >= 11 is 0. The Bertz CT molecular complexity index is 626. The van der Waals surface area contributed by atoms with Gasteiger partial charge in [0.1, 0.15) is 6.04 Å². The van der Waals surface area contributed by atoms with E-state index in [9.17, 15) is 9.59 Å². The first-order valence-electron chi connectivity index (χ1n) is 7.41. The lowest BCUT2D eigenvalue weighted by molar-refractivity contribution is -0.147. The molecule has 23 heavy (non-hydrogen) atoms. The number of hydrogen-bond acceptors (Lipinski definition) is 5. The molecule has 0 aliphatic heterocycles. The van der Waals surface area contributed by atoms with Crippen molar-refractivity contribution in [1.29, 1.82) is 0 Å². The Balaban J connectivity index is 2.06. The van der Waals surface area contributed by atoms with Crippen LogP contribution in [0, 0.1) is 5.92 Å². The maximum absolute atomic E-state index is 12.3. The van der Waals surface area contributed by atoms with Crippen LogP contribution in [0.1, 0.15) is 29.9 Å². The first kappa shape index (κ1) is 16.7. The number of carbonyl (C=O) groups is 2. The van der Waals surface area contributed by atoms with Crippen molar-refractivity contribution in [3.63, 3.8) is 0 Å². The summed E-state index contributed by atoms with van der Waals surface area (Å²) in [7, 11) is 0. The molecule has 2 rings (SSSR count). The van der Waals surface area contributed by atoms with E-state index < -0.39 is 12.0 Å². The molecule has 2 heterocycles. The van der Waals surface area contributed by atoms with Crippen LogP contribution in [0.2, 0.25) is 0 Å². The van der Waals surface area contributed by atoms with Crippen molar-refractivity contribution in [3.8, 4) is 0 Å². The first-order chi connectivity index (χ1) is 11.1. The Morgan fingerprint density at radius 1 is 1.26 bits per heavy atom. The van der Waals surface area contributed by atoms with Crippen LogP contribution in [0.5, 0.6) is 0 Å². The van der Waals surface area contributed by atoms with Crippen LogP contribution in [-0.2, 0) is 16.0 Å². The van der Waals surface area contributed by atoms with Crippen LogP contribution in [-0.4, -0.2) is 39.5 Å². The fourth-order valence-corrected chi connectivity index (χ4v) is 1.90. The van der Waals surface area contributed by atoms with E-state index in [1.165, 1.54) is 18.7 Å². The second-order valence-electron chi connectivity index (χ2n) is 5.57. The Hall–Kier alpha value is -2.70. The van der Waals surface area contributed by atoms with Gasteiger partial charge >= 0.3 is 5.97 Å². The number of amides is 1. The maximum Gasteiger partial charge on any atom is 0.329 e. The Morgan fingerprint density at radius 3 is 2.61 bits per heavy atom. The molecule has 0 unspecified atom stereocenters. The van der Waals surface area contributed by atoms with E-state index in [2.05, 4.69) is 20.3 Å². The van der Waals surface area contributed by atoms with Gasteiger partial charge in [0.25, 0.3) is 5.91 Å². The van der Waals surface area contributed by atoms with E-state index in [1.807, 2.05) is 13.8 Å². The molecule has 1 atom stereocenters. The second-order valence-corrected chi connectivity index (χ2v) is 5.57. The zero-order chi connectivity index (χ0) is 16.7. The van der Waals surface area contributed by atoms with Crippen LogP contribution in [0.15, 0.2) is 37.1 Å². The van der Waals surface area contributed by atoms with Crippen LogP contribution in [0.25, 0.3) is 0 Å². The van der Waals surface area contributed by atoms with Gasteiger partial charge in [0.15, 0.2) is 0 Å². The first-order valence-corrected chi connectivity index (χ1v) is 7.41.